The van der Waals surface area contributed by atoms with Crippen LogP contribution in [0.4, 0.5) is 0 Å². The van der Waals surface area contributed by atoms with E-state index in [0.29, 0.717) is 6.04 Å². The monoisotopic (exact) mass is 729 g/mol. The highest BCUT2D eigenvalue weighted by Crippen LogP contribution is 2.13. The van der Waals surface area contributed by atoms with Gasteiger partial charge in [0, 0.05) is 42.8 Å². The van der Waals surface area contributed by atoms with Crippen LogP contribution in [0.3, 0.4) is 0 Å². The summed E-state index contributed by atoms with van der Waals surface area (Å²) in [6, 6.07) is 4.53. The normalized spacial score (nSPS) is 21.5. The van der Waals surface area contributed by atoms with Crippen LogP contribution in [0.2, 0.25) is 0 Å². The zero-order valence-electron chi connectivity index (χ0n) is 34.8. The summed E-state index contributed by atoms with van der Waals surface area (Å²) < 4.78 is 5.14. The van der Waals surface area contributed by atoms with Gasteiger partial charge in [0.15, 0.2) is 0 Å². The summed E-state index contributed by atoms with van der Waals surface area (Å²) in [6.07, 6.45) is 14.1. The Hall–Kier alpha value is -0.280. The molecule has 0 radical (unpaired) electrons. The summed E-state index contributed by atoms with van der Waals surface area (Å²) >= 11 is 0. The first-order valence-electron chi connectivity index (χ1n) is 20.8. The number of likely N-dealkylation sites (tertiary alicyclic amines) is 5. The molecule has 0 aromatic heterocycles. The van der Waals surface area contributed by atoms with Gasteiger partial charge in [-0.15, -0.1) is 0 Å². The molecule has 0 spiro atoms. The van der Waals surface area contributed by atoms with E-state index in [2.05, 4.69) is 112 Å². The van der Waals surface area contributed by atoms with E-state index in [4.69, 9.17) is 4.74 Å². The topological polar surface area (TPSA) is 28.7 Å². The fraction of sp³-hybridized carbons (Fsp3) is 1.00. The number of hydrogen-bond acceptors (Lipinski definition) is 7. The van der Waals surface area contributed by atoms with Gasteiger partial charge in [0.2, 0.25) is 0 Å². The minimum atomic E-state index is 0. The molecule has 6 aliphatic rings. The quantitative estimate of drug-likeness (QED) is 0.269. The molecule has 6 aliphatic heterocycles. The molecule has 6 saturated heterocycles. The van der Waals surface area contributed by atoms with Crippen molar-refractivity contribution in [3.8, 4) is 0 Å². The summed E-state index contributed by atoms with van der Waals surface area (Å²) in [5, 5.41) is 0. The van der Waals surface area contributed by atoms with Gasteiger partial charge in [-0.25, -0.2) is 0 Å². The lowest BCUT2D eigenvalue weighted by atomic mass is 10.3. The standard InChI is InChI=1S/5C7H15N.C6H13NO.3CH4/c5*1-7(2)8-5-3-4-6-8;1-6(2)7-3-4-8-5-7;;;/h5*7H,3-6H2,1-2H3;6H,3-5H2,1-2H3;3*1H4. The Labute approximate surface area is 324 Å². The predicted octanol–water partition coefficient (Wildman–Crippen LogP) is 10.0. The predicted molar refractivity (Wildman–Crippen MR) is 233 cm³/mol. The van der Waals surface area contributed by atoms with Crippen molar-refractivity contribution in [2.75, 3.05) is 85.3 Å². The van der Waals surface area contributed by atoms with Crippen LogP contribution >= 0.6 is 0 Å². The third-order valence-electron chi connectivity index (χ3n) is 10.9. The molecule has 7 heteroatoms. The Morgan fingerprint density at radius 2 is 0.451 bits per heavy atom. The highest BCUT2D eigenvalue weighted by molar-refractivity contribution is 4.71. The van der Waals surface area contributed by atoms with Gasteiger partial charge in [-0.05, 0) is 213 Å². The van der Waals surface area contributed by atoms with Gasteiger partial charge < -0.3 is 29.2 Å². The zero-order chi connectivity index (χ0) is 35.9. The Bertz CT molecular complexity index is 539. The molecule has 0 N–H and O–H groups in total. The van der Waals surface area contributed by atoms with Crippen molar-refractivity contribution >= 4 is 0 Å². The first-order chi connectivity index (χ1) is 22.8. The second-order valence-electron chi connectivity index (χ2n) is 16.6. The molecule has 0 unspecified atom stereocenters. The van der Waals surface area contributed by atoms with Crippen molar-refractivity contribution in [2.45, 2.75) is 206 Å². The first-order valence-corrected chi connectivity index (χ1v) is 20.8. The van der Waals surface area contributed by atoms with Gasteiger partial charge in [-0.3, -0.25) is 4.90 Å². The van der Waals surface area contributed by atoms with Gasteiger partial charge in [0.05, 0.1) is 13.3 Å². The van der Waals surface area contributed by atoms with E-state index in [9.17, 15) is 0 Å². The van der Waals surface area contributed by atoms with Gasteiger partial charge >= 0.3 is 0 Å². The summed E-state index contributed by atoms with van der Waals surface area (Å²) in [5.74, 6) is 0. The van der Waals surface area contributed by atoms with Crippen molar-refractivity contribution < 1.29 is 4.74 Å². The number of rotatable bonds is 6. The Balaban J connectivity index is -0.000000536. The molecular weight excluding hydrogens is 629 g/mol. The third-order valence-corrected chi connectivity index (χ3v) is 10.9. The van der Waals surface area contributed by atoms with Crippen molar-refractivity contribution in [2.24, 2.45) is 0 Å². The van der Waals surface area contributed by atoms with Crippen LogP contribution in [-0.4, -0.2) is 151 Å². The van der Waals surface area contributed by atoms with E-state index in [-0.39, 0.29) is 22.3 Å². The summed E-state index contributed by atoms with van der Waals surface area (Å²) in [7, 11) is 0. The highest BCUT2D eigenvalue weighted by atomic mass is 16.5. The third kappa shape index (κ3) is 26.2. The summed E-state index contributed by atoms with van der Waals surface area (Å²) in [6.45, 7) is 43.2. The average molecular weight is 729 g/mol. The molecule has 6 rings (SSSR count). The van der Waals surface area contributed by atoms with Crippen LogP contribution in [0.15, 0.2) is 0 Å². The lowest BCUT2D eigenvalue weighted by Crippen LogP contribution is -2.27. The van der Waals surface area contributed by atoms with Gasteiger partial charge in [0.25, 0.3) is 0 Å². The van der Waals surface area contributed by atoms with E-state index in [1.165, 1.54) is 130 Å². The van der Waals surface area contributed by atoms with Crippen LogP contribution < -0.4 is 0 Å². The van der Waals surface area contributed by atoms with Crippen molar-refractivity contribution in [3.05, 3.63) is 0 Å². The number of hydrogen-bond donors (Lipinski definition) is 0. The first kappa shape index (κ1) is 55.1. The number of nitrogens with zero attached hydrogens (tertiary/aromatic N) is 6. The minimum Gasteiger partial charge on any atom is -0.365 e. The zero-order valence-corrected chi connectivity index (χ0v) is 34.8. The molecule has 0 bridgehead atoms. The summed E-state index contributed by atoms with van der Waals surface area (Å²) in [5.41, 5.74) is 0. The molecule has 51 heavy (non-hydrogen) atoms. The second kappa shape index (κ2) is 33.1. The van der Waals surface area contributed by atoms with Crippen LogP contribution in [0.5, 0.6) is 0 Å². The molecule has 7 nitrogen and oxygen atoms in total. The fourth-order valence-corrected chi connectivity index (χ4v) is 7.13. The van der Waals surface area contributed by atoms with E-state index in [1.54, 1.807) is 0 Å². The van der Waals surface area contributed by atoms with Gasteiger partial charge in [-0.1, -0.05) is 22.3 Å². The Morgan fingerprint density at radius 3 is 0.529 bits per heavy atom. The van der Waals surface area contributed by atoms with Gasteiger partial charge in [0.1, 0.15) is 0 Å². The molecule has 0 atom stereocenters. The number of ether oxygens (including phenoxy) is 1. The maximum Gasteiger partial charge on any atom is 0.0993 e. The average Bonchev–Trinajstić information content (AvgIpc) is 3.91. The lowest BCUT2D eigenvalue weighted by Gasteiger charge is -2.18. The molecule has 6 fully saturated rings. The van der Waals surface area contributed by atoms with E-state index >= 15 is 0 Å². The van der Waals surface area contributed by atoms with E-state index < -0.39 is 0 Å². The Kier molecular flexibility index (Phi) is 35.7. The summed E-state index contributed by atoms with van der Waals surface area (Å²) in [4.78, 5) is 14.9. The molecule has 0 aromatic rings. The van der Waals surface area contributed by atoms with Gasteiger partial charge in [-0.2, -0.15) is 0 Å². The molecule has 312 valence electrons. The van der Waals surface area contributed by atoms with E-state index in [0.717, 1.165) is 50.1 Å². The highest BCUT2D eigenvalue weighted by Gasteiger charge is 2.16. The molecular formula is C44H100N6O. The maximum absolute atomic E-state index is 5.14. The van der Waals surface area contributed by atoms with Crippen molar-refractivity contribution in [1.82, 2.24) is 29.4 Å². The minimum absolute atomic E-state index is 0. The van der Waals surface area contributed by atoms with Crippen molar-refractivity contribution in [3.63, 3.8) is 0 Å². The second-order valence-corrected chi connectivity index (χ2v) is 16.6. The van der Waals surface area contributed by atoms with Crippen LogP contribution in [0.1, 0.15) is 170 Å². The molecule has 0 aliphatic carbocycles. The lowest BCUT2D eigenvalue weighted by molar-refractivity contribution is 0.124. The van der Waals surface area contributed by atoms with E-state index in [1.807, 2.05) is 0 Å². The molecule has 6 heterocycles. The van der Waals surface area contributed by atoms with Crippen LogP contribution in [0, 0.1) is 0 Å². The molecule has 0 saturated carbocycles. The largest absolute Gasteiger partial charge is 0.365 e. The molecule has 0 aromatic carbocycles. The van der Waals surface area contributed by atoms with Crippen molar-refractivity contribution in [1.29, 1.82) is 0 Å². The SMILES string of the molecule is C.C.C.CC(C)N1CCCC1.CC(C)N1CCCC1.CC(C)N1CCCC1.CC(C)N1CCCC1.CC(C)N1CCCC1.CC(C)N1CCOC1. The smallest absolute Gasteiger partial charge is 0.0993 e. The Morgan fingerprint density at radius 1 is 0.275 bits per heavy atom. The van der Waals surface area contributed by atoms with Crippen LogP contribution in [-0.2, 0) is 4.74 Å². The maximum atomic E-state index is 5.14. The fourth-order valence-electron chi connectivity index (χ4n) is 7.13. The molecule has 0 amide bonds. The van der Waals surface area contributed by atoms with Crippen LogP contribution in [0.25, 0.3) is 0 Å².